The second-order valence-corrected chi connectivity index (χ2v) is 10.6. The maximum atomic E-state index is 13.6. The fraction of sp³-hybridized carbons (Fsp3) is 0.370. The van der Waals surface area contributed by atoms with Crippen LogP contribution in [0.4, 0.5) is 10.1 Å². The summed E-state index contributed by atoms with van der Waals surface area (Å²) in [5.41, 5.74) is 1.54. The van der Waals surface area contributed by atoms with Crippen LogP contribution in [0.3, 0.4) is 0 Å². The van der Waals surface area contributed by atoms with Gasteiger partial charge in [0.2, 0.25) is 5.91 Å². The lowest BCUT2D eigenvalue weighted by Gasteiger charge is -2.45. The Morgan fingerprint density at radius 3 is 2.47 bits per heavy atom. The molecule has 1 amide bonds. The van der Waals surface area contributed by atoms with Crippen molar-refractivity contribution in [1.82, 2.24) is 10.2 Å². The van der Waals surface area contributed by atoms with Gasteiger partial charge in [-0.2, -0.15) is 0 Å². The number of amides is 1. The molecule has 3 fully saturated rings. The molecule has 1 N–H and O–H groups in total. The van der Waals surface area contributed by atoms with E-state index in [0.29, 0.717) is 0 Å². The molecule has 3 saturated heterocycles. The number of carbonyl (C=O) groups excluding carboxylic acids is 1. The number of piperidine rings is 1. The molecule has 2 unspecified atom stereocenters. The van der Waals surface area contributed by atoms with Crippen LogP contribution in [0.5, 0.6) is 0 Å². The van der Waals surface area contributed by atoms with Gasteiger partial charge in [-0.3, -0.25) is 9.69 Å². The molecule has 1 aromatic heterocycles. The molecule has 0 saturated carbocycles. The molecular formula is C27H28FN3O2S. The number of nitrogens with zero attached hydrogens (tertiary/aromatic N) is 2. The molecule has 4 heterocycles. The van der Waals surface area contributed by atoms with E-state index in [1.54, 1.807) is 12.1 Å². The minimum Gasteiger partial charge on any atom is -0.373 e. The van der Waals surface area contributed by atoms with E-state index in [0.717, 1.165) is 51.2 Å². The van der Waals surface area contributed by atoms with Gasteiger partial charge in [0.25, 0.3) is 0 Å². The van der Waals surface area contributed by atoms with Gasteiger partial charge in [-0.25, -0.2) is 4.39 Å². The van der Waals surface area contributed by atoms with Crippen LogP contribution >= 0.6 is 11.3 Å². The normalized spacial score (nSPS) is 23.9. The average molecular weight is 478 g/mol. The monoisotopic (exact) mass is 477 g/mol. The van der Waals surface area contributed by atoms with E-state index >= 15 is 0 Å². The Hall–Kier alpha value is -2.74. The quantitative estimate of drug-likeness (QED) is 0.526. The minimum atomic E-state index is -0.599. The number of ether oxygens (including phenoxy) is 1. The van der Waals surface area contributed by atoms with E-state index in [-0.39, 0.29) is 24.0 Å². The standard InChI is InChI=1S/C27H28FN3O2S/c28-20-6-8-21(9-7-20)31-25(16-22-18-33-22)29-26(32)27(31)12-14-30(15-13-27)17-23-10-11-24(34-23)19-4-2-1-3-5-19/h1-11,22,25H,12-18H2,(H,29,32). The number of thiophene rings is 1. The maximum Gasteiger partial charge on any atom is 0.247 e. The van der Waals surface area contributed by atoms with Crippen molar-refractivity contribution in [2.24, 2.45) is 0 Å². The van der Waals surface area contributed by atoms with E-state index in [2.05, 4.69) is 51.5 Å². The highest BCUT2D eigenvalue weighted by Crippen LogP contribution is 2.41. The highest BCUT2D eigenvalue weighted by Gasteiger charge is 2.55. The summed E-state index contributed by atoms with van der Waals surface area (Å²) in [5.74, 6) is -0.177. The summed E-state index contributed by atoms with van der Waals surface area (Å²) < 4.78 is 19.1. The van der Waals surface area contributed by atoms with Crippen LogP contribution in [-0.4, -0.2) is 48.3 Å². The van der Waals surface area contributed by atoms with Crippen molar-refractivity contribution in [1.29, 1.82) is 0 Å². The van der Waals surface area contributed by atoms with Gasteiger partial charge in [0.1, 0.15) is 17.5 Å². The number of halogens is 1. The molecule has 0 aliphatic carbocycles. The summed E-state index contributed by atoms with van der Waals surface area (Å²) in [4.78, 5) is 20.6. The summed E-state index contributed by atoms with van der Waals surface area (Å²) >= 11 is 1.84. The number of nitrogens with one attached hydrogen (secondary N) is 1. The number of carbonyl (C=O) groups is 1. The van der Waals surface area contributed by atoms with Crippen molar-refractivity contribution < 1.29 is 13.9 Å². The van der Waals surface area contributed by atoms with Gasteiger partial charge >= 0.3 is 0 Å². The summed E-state index contributed by atoms with van der Waals surface area (Å²) in [6.45, 7) is 3.33. The first-order valence-corrected chi connectivity index (χ1v) is 12.8. The predicted octanol–water partition coefficient (Wildman–Crippen LogP) is 4.64. The van der Waals surface area contributed by atoms with Gasteiger partial charge in [0, 0.05) is 41.5 Å². The van der Waals surface area contributed by atoms with E-state index in [1.807, 2.05) is 17.4 Å². The summed E-state index contributed by atoms with van der Waals surface area (Å²) in [6.07, 6.45) is 2.32. The van der Waals surface area contributed by atoms with Crippen LogP contribution in [0.25, 0.3) is 10.4 Å². The van der Waals surface area contributed by atoms with Crippen LogP contribution in [0.1, 0.15) is 24.1 Å². The molecular weight excluding hydrogens is 449 g/mol. The number of anilines is 1. The van der Waals surface area contributed by atoms with Gasteiger partial charge in [-0.1, -0.05) is 30.3 Å². The van der Waals surface area contributed by atoms with Crippen LogP contribution < -0.4 is 10.2 Å². The van der Waals surface area contributed by atoms with Crippen molar-refractivity contribution in [2.75, 3.05) is 24.6 Å². The molecule has 3 aliphatic heterocycles. The number of rotatable bonds is 6. The lowest BCUT2D eigenvalue weighted by Crippen LogP contribution is -2.57. The van der Waals surface area contributed by atoms with Gasteiger partial charge in [0.15, 0.2) is 0 Å². The third-order valence-electron chi connectivity index (χ3n) is 7.27. The van der Waals surface area contributed by atoms with Crippen molar-refractivity contribution >= 4 is 22.9 Å². The smallest absolute Gasteiger partial charge is 0.247 e. The second kappa shape index (κ2) is 8.80. The molecule has 2 aromatic carbocycles. The molecule has 3 aliphatic rings. The average Bonchev–Trinajstić information content (AvgIpc) is 3.49. The maximum absolute atomic E-state index is 13.6. The topological polar surface area (TPSA) is 48.1 Å². The Labute approximate surface area is 203 Å². The SMILES string of the molecule is O=C1NC(CC2CO2)N(c2ccc(F)cc2)C12CCN(Cc1ccc(-c3ccccc3)s1)CC2. The second-order valence-electron chi connectivity index (χ2n) is 9.47. The fourth-order valence-electron chi connectivity index (χ4n) is 5.39. The van der Waals surface area contributed by atoms with E-state index < -0.39 is 5.54 Å². The Morgan fingerprint density at radius 1 is 1.03 bits per heavy atom. The van der Waals surface area contributed by atoms with E-state index in [1.165, 1.54) is 27.5 Å². The Morgan fingerprint density at radius 2 is 1.76 bits per heavy atom. The van der Waals surface area contributed by atoms with Crippen molar-refractivity contribution in [3.63, 3.8) is 0 Å². The third kappa shape index (κ3) is 4.13. The van der Waals surface area contributed by atoms with Gasteiger partial charge in [-0.15, -0.1) is 11.3 Å². The number of benzene rings is 2. The predicted molar refractivity (Wildman–Crippen MR) is 132 cm³/mol. The number of hydrogen-bond acceptors (Lipinski definition) is 5. The van der Waals surface area contributed by atoms with Crippen LogP contribution in [0.2, 0.25) is 0 Å². The first-order chi connectivity index (χ1) is 16.6. The zero-order valence-electron chi connectivity index (χ0n) is 19.0. The Bertz CT molecular complexity index is 1150. The third-order valence-corrected chi connectivity index (χ3v) is 8.39. The van der Waals surface area contributed by atoms with Gasteiger partial charge in [-0.05, 0) is 54.8 Å². The Kier molecular flexibility index (Phi) is 5.63. The molecule has 3 aromatic rings. The molecule has 2 atom stereocenters. The largest absolute Gasteiger partial charge is 0.373 e. The lowest BCUT2D eigenvalue weighted by atomic mass is 9.85. The number of epoxide rings is 1. The molecule has 176 valence electrons. The van der Waals surface area contributed by atoms with Crippen LogP contribution in [0, 0.1) is 5.82 Å². The Balaban J connectivity index is 1.18. The molecule has 0 bridgehead atoms. The lowest BCUT2D eigenvalue weighted by molar-refractivity contribution is -0.125. The first kappa shape index (κ1) is 21.8. The minimum absolute atomic E-state index is 0.0876. The van der Waals surface area contributed by atoms with Crippen molar-refractivity contribution in [3.8, 4) is 10.4 Å². The van der Waals surface area contributed by atoms with Crippen LogP contribution in [-0.2, 0) is 16.1 Å². The summed E-state index contributed by atoms with van der Waals surface area (Å²) in [6, 6.07) is 21.4. The van der Waals surface area contributed by atoms with Gasteiger partial charge in [0.05, 0.1) is 12.7 Å². The molecule has 5 nitrogen and oxygen atoms in total. The summed E-state index contributed by atoms with van der Waals surface area (Å²) in [7, 11) is 0. The zero-order chi connectivity index (χ0) is 23.1. The van der Waals surface area contributed by atoms with Crippen molar-refractivity contribution in [3.05, 3.63) is 77.4 Å². The van der Waals surface area contributed by atoms with Crippen LogP contribution in [0.15, 0.2) is 66.7 Å². The molecule has 1 spiro atoms. The van der Waals surface area contributed by atoms with Gasteiger partial charge < -0.3 is 15.0 Å². The molecule has 6 rings (SSSR count). The number of likely N-dealkylation sites (tertiary alicyclic amines) is 1. The molecule has 34 heavy (non-hydrogen) atoms. The van der Waals surface area contributed by atoms with Crippen molar-refractivity contribution in [2.45, 2.75) is 43.6 Å². The molecule has 7 heteroatoms. The highest BCUT2D eigenvalue weighted by molar-refractivity contribution is 7.15. The highest BCUT2D eigenvalue weighted by atomic mass is 32.1. The van der Waals surface area contributed by atoms with E-state index in [4.69, 9.17) is 4.74 Å². The molecule has 0 radical (unpaired) electrons. The first-order valence-electron chi connectivity index (χ1n) is 11.9. The van der Waals surface area contributed by atoms with E-state index in [9.17, 15) is 9.18 Å². The zero-order valence-corrected chi connectivity index (χ0v) is 19.8. The number of hydrogen-bond donors (Lipinski definition) is 1. The summed E-state index contributed by atoms with van der Waals surface area (Å²) in [5, 5.41) is 3.23. The fourth-order valence-corrected chi connectivity index (χ4v) is 6.45.